The highest BCUT2D eigenvalue weighted by Gasteiger charge is 2.11. The maximum absolute atomic E-state index is 5.76. The standard InChI is InChI=1S/C19H20N2O2/c1-3-16-10-7-11-18(20-16)22-13-12-17-14(2)23-19(21-17)15-8-5-4-6-9-15/h4-11H,3,12-13H2,1-2H3. The fourth-order valence-corrected chi connectivity index (χ4v) is 2.35. The van der Waals surface area contributed by atoms with Crippen LogP contribution in [0, 0.1) is 6.92 Å². The van der Waals surface area contributed by atoms with E-state index in [0.29, 0.717) is 24.8 Å². The highest BCUT2D eigenvalue weighted by Crippen LogP contribution is 2.21. The van der Waals surface area contributed by atoms with Gasteiger partial charge in [0.15, 0.2) is 0 Å². The van der Waals surface area contributed by atoms with E-state index in [2.05, 4.69) is 16.9 Å². The van der Waals surface area contributed by atoms with Gasteiger partial charge in [0.25, 0.3) is 0 Å². The molecule has 0 saturated heterocycles. The molecule has 1 aromatic carbocycles. The Hall–Kier alpha value is -2.62. The molecule has 2 aromatic heterocycles. The fourth-order valence-electron chi connectivity index (χ4n) is 2.35. The first kappa shape index (κ1) is 15.3. The third kappa shape index (κ3) is 3.77. The van der Waals surface area contributed by atoms with E-state index < -0.39 is 0 Å². The van der Waals surface area contributed by atoms with Gasteiger partial charge in [0.2, 0.25) is 11.8 Å². The van der Waals surface area contributed by atoms with E-state index in [0.717, 1.165) is 29.1 Å². The van der Waals surface area contributed by atoms with Gasteiger partial charge in [0, 0.05) is 23.7 Å². The Bertz CT molecular complexity index is 766. The molecule has 0 amide bonds. The lowest BCUT2D eigenvalue weighted by atomic mass is 10.2. The van der Waals surface area contributed by atoms with Gasteiger partial charge in [-0.25, -0.2) is 9.97 Å². The van der Waals surface area contributed by atoms with Gasteiger partial charge in [-0.05, 0) is 31.5 Å². The maximum Gasteiger partial charge on any atom is 0.226 e. The van der Waals surface area contributed by atoms with Crippen LogP contribution < -0.4 is 4.74 Å². The SMILES string of the molecule is CCc1cccc(OCCc2nc(-c3ccccc3)oc2C)n1. The minimum absolute atomic E-state index is 0.530. The average Bonchev–Trinajstić information content (AvgIpc) is 2.97. The lowest BCUT2D eigenvalue weighted by Crippen LogP contribution is -2.04. The summed E-state index contributed by atoms with van der Waals surface area (Å²) in [6, 6.07) is 15.8. The van der Waals surface area contributed by atoms with E-state index in [1.54, 1.807) is 0 Å². The zero-order chi connectivity index (χ0) is 16.1. The zero-order valence-electron chi connectivity index (χ0n) is 13.5. The molecule has 0 aliphatic heterocycles. The summed E-state index contributed by atoms with van der Waals surface area (Å²) in [5, 5.41) is 0. The summed E-state index contributed by atoms with van der Waals surface area (Å²) in [6.45, 7) is 4.54. The summed E-state index contributed by atoms with van der Waals surface area (Å²) in [5.74, 6) is 2.15. The summed E-state index contributed by atoms with van der Waals surface area (Å²) in [4.78, 5) is 9.01. The summed E-state index contributed by atoms with van der Waals surface area (Å²) < 4.78 is 11.5. The van der Waals surface area contributed by atoms with E-state index in [9.17, 15) is 0 Å². The molecule has 0 spiro atoms. The van der Waals surface area contributed by atoms with E-state index >= 15 is 0 Å². The number of ether oxygens (including phenoxy) is 1. The normalized spacial score (nSPS) is 10.7. The van der Waals surface area contributed by atoms with Crippen molar-refractivity contribution < 1.29 is 9.15 Å². The van der Waals surface area contributed by atoms with Crippen LogP contribution in [0.1, 0.15) is 24.1 Å². The molecule has 0 aliphatic carbocycles. The number of benzene rings is 1. The van der Waals surface area contributed by atoms with E-state index in [4.69, 9.17) is 9.15 Å². The number of pyridine rings is 1. The molecule has 0 atom stereocenters. The predicted octanol–water partition coefficient (Wildman–Crippen LogP) is 4.23. The van der Waals surface area contributed by atoms with Crippen LogP contribution >= 0.6 is 0 Å². The maximum atomic E-state index is 5.76. The zero-order valence-corrected chi connectivity index (χ0v) is 13.5. The van der Waals surface area contributed by atoms with E-state index in [1.165, 1.54) is 0 Å². The third-order valence-electron chi connectivity index (χ3n) is 3.65. The Kier molecular flexibility index (Phi) is 4.71. The van der Waals surface area contributed by atoms with Crippen molar-refractivity contribution in [1.82, 2.24) is 9.97 Å². The summed E-state index contributed by atoms with van der Waals surface area (Å²) >= 11 is 0. The van der Waals surface area contributed by atoms with Crippen LogP contribution in [0.25, 0.3) is 11.5 Å². The number of aryl methyl sites for hydroxylation is 2. The molecule has 0 radical (unpaired) electrons. The Morgan fingerprint density at radius 2 is 1.83 bits per heavy atom. The number of rotatable bonds is 6. The fraction of sp³-hybridized carbons (Fsp3) is 0.263. The number of nitrogens with zero attached hydrogens (tertiary/aromatic N) is 2. The largest absolute Gasteiger partial charge is 0.477 e. The molecule has 23 heavy (non-hydrogen) atoms. The lowest BCUT2D eigenvalue weighted by Gasteiger charge is -2.05. The Morgan fingerprint density at radius 3 is 2.61 bits per heavy atom. The molecule has 4 heteroatoms. The molecule has 0 bridgehead atoms. The topological polar surface area (TPSA) is 48.2 Å². The molecule has 3 rings (SSSR count). The van der Waals surface area contributed by atoms with Crippen LogP contribution in [0.3, 0.4) is 0 Å². The summed E-state index contributed by atoms with van der Waals surface area (Å²) in [6.07, 6.45) is 1.60. The third-order valence-corrected chi connectivity index (χ3v) is 3.65. The van der Waals surface area contributed by atoms with Gasteiger partial charge < -0.3 is 9.15 Å². The van der Waals surface area contributed by atoms with Crippen molar-refractivity contribution in [3.05, 3.63) is 65.7 Å². The minimum atomic E-state index is 0.530. The lowest BCUT2D eigenvalue weighted by molar-refractivity contribution is 0.307. The molecule has 118 valence electrons. The molecule has 0 unspecified atom stereocenters. The van der Waals surface area contributed by atoms with Crippen molar-refractivity contribution in [2.45, 2.75) is 26.7 Å². The first-order valence-electron chi connectivity index (χ1n) is 7.86. The minimum Gasteiger partial charge on any atom is -0.477 e. The second-order valence-electron chi connectivity index (χ2n) is 5.31. The van der Waals surface area contributed by atoms with Crippen LogP contribution in [-0.2, 0) is 12.8 Å². The molecular weight excluding hydrogens is 288 g/mol. The van der Waals surface area contributed by atoms with Crippen molar-refractivity contribution in [2.75, 3.05) is 6.61 Å². The molecule has 0 fully saturated rings. The monoisotopic (exact) mass is 308 g/mol. The molecule has 0 N–H and O–H groups in total. The van der Waals surface area contributed by atoms with Gasteiger partial charge in [0.05, 0.1) is 12.3 Å². The van der Waals surface area contributed by atoms with Crippen molar-refractivity contribution in [1.29, 1.82) is 0 Å². The molecule has 0 aliphatic rings. The Labute approximate surface area is 136 Å². The van der Waals surface area contributed by atoms with Crippen LogP contribution in [-0.4, -0.2) is 16.6 Å². The van der Waals surface area contributed by atoms with Crippen molar-refractivity contribution in [2.24, 2.45) is 0 Å². The van der Waals surface area contributed by atoms with Crippen molar-refractivity contribution >= 4 is 0 Å². The Balaban J connectivity index is 1.63. The first-order valence-corrected chi connectivity index (χ1v) is 7.86. The number of hydrogen-bond acceptors (Lipinski definition) is 4. The van der Waals surface area contributed by atoms with Gasteiger partial charge in [-0.15, -0.1) is 0 Å². The van der Waals surface area contributed by atoms with Crippen LogP contribution in [0.4, 0.5) is 0 Å². The highest BCUT2D eigenvalue weighted by atomic mass is 16.5. The van der Waals surface area contributed by atoms with Crippen LogP contribution in [0.2, 0.25) is 0 Å². The first-order chi connectivity index (χ1) is 11.3. The number of aromatic nitrogens is 2. The molecule has 2 heterocycles. The van der Waals surface area contributed by atoms with Crippen molar-refractivity contribution in [3.8, 4) is 17.3 Å². The van der Waals surface area contributed by atoms with E-state index in [-0.39, 0.29) is 0 Å². The van der Waals surface area contributed by atoms with Crippen LogP contribution in [0.15, 0.2) is 52.9 Å². The predicted molar refractivity (Wildman–Crippen MR) is 89.5 cm³/mol. The summed E-state index contributed by atoms with van der Waals surface area (Å²) in [5.41, 5.74) is 2.95. The summed E-state index contributed by atoms with van der Waals surface area (Å²) in [7, 11) is 0. The Morgan fingerprint density at radius 1 is 1.00 bits per heavy atom. The molecule has 3 aromatic rings. The van der Waals surface area contributed by atoms with Gasteiger partial charge in [0.1, 0.15) is 5.76 Å². The van der Waals surface area contributed by atoms with Crippen molar-refractivity contribution in [3.63, 3.8) is 0 Å². The van der Waals surface area contributed by atoms with Gasteiger partial charge in [-0.1, -0.05) is 31.2 Å². The number of hydrogen-bond donors (Lipinski definition) is 0. The van der Waals surface area contributed by atoms with E-state index in [1.807, 2.05) is 55.5 Å². The average molecular weight is 308 g/mol. The van der Waals surface area contributed by atoms with Gasteiger partial charge >= 0.3 is 0 Å². The van der Waals surface area contributed by atoms with Gasteiger partial charge in [-0.3, -0.25) is 0 Å². The smallest absolute Gasteiger partial charge is 0.226 e. The quantitative estimate of drug-likeness (QED) is 0.684. The molecular formula is C19H20N2O2. The number of oxazole rings is 1. The molecule has 4 nitrogen and oxygen atoms in total. The second kappa shape index (κ2) is 7.09. The highest BCUT2D eigenvalue weighted by molar-refractivity contribution is 5.53. The molecule has 0 saturated carbocycles. The van der Waals surface area contributed by atoms with Crippen LogP contribution in [0.5, 0.6) is 5.88 Å². The van der Waals surface area contributed by atoms with Gasteiger partial charge in [-0.2, -0.15) is 0 Å². The second-order valence-corrected chi connectivity index (χ2v) is 5.31.